The molecule has 0 aromatic heterocycles. The molecule has 0 atom stereocenters. The summed E-state index contributed by atoms with van der Waals surface area (Å²) < 4.78 is 0. The summed E-state index contributed by atoms with van der Waals surface area (Å²) in [6, 6.07) is 3.34. The second-order valence-corrected chi connectivity index (χ2v) is 3.99. The van der Waals surface area contributed by atoms with Crippen molar-refractivity contribution in [1.29, 1.82) is 0 Å². The number of carboxylic acids is 1. The molecule has 0 spiro atoms. The average molecular weight is 267 g/mol. The standard InChI is InChI=1S/C12H17N3O4/c1-13-5-6-15(2)12(19)14-10-4-3-8(16)7-9(10)11(17)18/h3-4,7,13,16H,5-6H2,1-2H3,(H,14,19)(H,17,18). The van der Waals surface area contributed by atoms with Crippen LogP contribution in [0.4, 0.5) is 10.5 Å². The molecule has 7 heteroatoms. The highest BCUT2D eigenvalue weighted by atomic mass is 16.4. The maximum atomic E-state index is 11.8. The molecule has 0 saturated carbocycles. The van der Waals surface area contributed by atoms with E-state index in [0.717, 1.165) is 6.07 Å². The number of hydrogen-bond donors (Lipinski definition) is 4. The third-order valence-electron chi connectivity index (χ3n) is 2.52. The van der Waals surface area contributed by atoms with Crippen molar-refractivity contribution in [3.63, 3.8) is 0 Å². The Morgan fingerprint density at radius 3 is 2.63 bits per heavy atom. The number of carbonyl (C=O) groups excluding carboxylic acids is 1. The monoisotopic (exact) mass is 267 g/mol. The number of urea groups is 1. The average Bonchev–Trinajstić information content (AvgIpc) is 2.37. The van der Waals surface area contributed by atoms with Crippen molar-refractivity contribution >= 4 is 17.7 Å². The van der Waals surface area contributed by atoms with Gasteiger partial charge in [-0.1, -0.05) is 0 Å². The van der Waals surface area contributed by atoms with Crippen molar-refractivity contribution in [3.8, 4) is 5.75 Å². The Morgan fingerprint density at radius 2 is 2.05 bits per heavy atom. The minimum atomic E-state index is -1.22. The lowest BCUT2D eigenvalue weighted by molar-refractivity contribution is 0.0697. The molecule has 4 N–H and O–H groups in total. The maximum Gasteiger partial charge on any atom is 0.337 e. The van der Waals surface area contributed by atoms with E-state index < -0.39 is 12.0 Å². The van der Waals surface area contributed by atoms with Crippen molar-refractivity contribution < 1.29 is 19.8 Å². The normalized spacial score (nSPS) is 10.0. The number of phenols is 1. The summed E-state index contributed by atoms with van der Waals surface area (Å²) in [6.07, 6.45) is 0. The van der Waals surface area contributed by atoms with Crippen molar-refractivity contribution in [2.24, 2.45) is 0 Å². The number of rotatable bonds is 5. The van der Waals surface area contributed by atoms with Gasteiger partial charge in [-0.3, -0.25) is 0 Å². The van der Waals surface area contributed by atoms with Crippen LogP contribution in [0.5, 0.6) is 5.75 Å². The molecule has 1 aromatic carbocycles. The van der Waals surface area contributed by atoms with Crippen LogP contribution in [0.3, 0.4) is 0 Å². The molecular weight excluding hydrogens is 250 g/mol. The number of carboxylic acid groups (broad SMARTS) is 1. The van der Waals surface area contributed by atoms with Gasteiger partial charge in [0.25, 0.3) is 0 Å². The Morgan fingerprint density at radius 1 is 1.37 bits per heavy atom. The van der Waals surface area contributed by atoms with Crippen LogP contribution in [0.1, 0.15) is 10.4 Å². The zero-order valence-corrected chi connectivity index (χ0v) is 10.8. The first-order valence-corrected chi connectivity index (χ1v) is 5.68. The van der Waals surface area contributed by atoms with Gasteiger partial charge in [0.15, 0.2) is 0 Å². The van der Waals surface area contributed by atoms with Crippen LogP contribution in [-0.4, -0.2) is 54.3 Å². The lowest BCUT2D eigenvalue weighted by Gasteiger charge is -2.18. The van der Waals surface area contributed by atoms with Gasteiger partial charge in [-0.2, -0.15) is 0 Å². The van der Waals surface area contributed by atoms with E-state index in [9.17, 15) is 14.7 Å². The van der Waals surface area contributed by atoms with Gasteiger partial charge in [-0.15, -0.1) is 0 Å². The van der Waals surface area contributed by atoms with Gasteiger partial charge in [0.1, 0.15) is 5.75 Å². The largest absolute Gasteiger partial charge is 0.508 e. The van der Waals surface area contributed by atoms with E-state index in [1.54, 1.807) is 14.1 Å². The Hall–Kier alpha value is -2.28. The topological polar surface area (TPSA) is 102 Å². The van der Waals surface area contributed by atoms with Crippen molar-refractivity contribution in [1.82, 2.24) is 10.2 Å². The number of nitrogens with zero attached hydrogens (tertiary/aromatic N) is 1. The summed E-state index contributed by atoms with van der Waals surface area (Å²) in [5, 5.41) is 23.6. The third-order valence-corrected chi connectivity index (χ3v) is 2.52. The third kappa shape index (κ3) is 4.14. The Bertz CT molecular complexity index is 476. The van der Waals surface area contributed by atoms with E-state index in [4.69, 9.17) is 5.11 Å². The first-order chi connectivity index (χ1) is 8.95. The van der Waals surface area contributed by atoms with Crippen molar-refractivity contribution in [3.05, 3.63) is 23.8 Å². The Labute approximate surface area is 110 Å². The van der Waals surface area contributed by atoms with Gasteiger partial charge in [0.2, 0.25) is 0 Å². The van der Waals surface area contributed by atoms with Crippen LogP contribution in [-0.2, 0) is 0 Å². The van der Waals surface area contributed by atoms with E-state index in [1.807, 2.05) is 0 Å². The summed E-state index contributed by atoms with van der Waals surface area (Å²) in [4.78, 5) is 24.2. The van der Waals surface area contributed by atoms with Gasteiger partial charge >= 0.3 is 12.0 Å². The van der Waals surface area contributed by atoms with Crippen molar-refractivity contribution in [2.75, 3.05) is 32.5 Å². The molecule has 0 aliphatic heterocycles. The molecule has 0 bridgehead atoms. The van der Waals surface area contributed by atoms with Gasteiger partial charge in [-0.05, 0) is 25.2 Å². The van der Waals surface area contributed by atoms with Gasteiger partial charge in [0, 0.05) is 20.1 Å². The van der Waals surface area contributed by atoms with Crippen LogP contribution in [0.15, 0.2) is 18.2 Å². The zero-order chi connectivity index (χ0) is 14.4. The molecule has 1 aromatic rings. The number of aromatic hydroxyl groups is 1. The minimum Gasteiger partial charge on any atom is -0.508 e. The number of aromatic carboxylic acids is 1. The first-order valence-electron chi connectivity index (χ1n) is 5.68. The number of benzene rings is 1. The van der Waals surface area contributed by atoms with Crippen LogP contribution in [0.2, 0.25) is 0 Å². The second kappa shape index (κ2) is 6.60. The summed E-state index contributed by atoms with van der Waals surface area (Å²) >= 11 is 0. The second-order valence-electron chi connectivity index (χ2n) is 3.99. The molecule has 104 valence electrons. The Kier molecular flexibility index (Phi) is 5.13. The summed E-state index contributed by atoms with van der Waals surface area (Å²) in [7, 11) is 3.38. The first kappa shape index (κ1) is 14.8. The fourth-order valence-electron chi connectivity index (χ4n) is 1.41. The van der Waals surface area contributed by atoms with Crippen LogP contribution < -0.4 is 10.6 Å². The molecule has 0 heterocycles. The number of phenolic OH excluding ortho intramolecular Hbond substituents is 1. The number of nitrogens with one attached hydrogen (secondary N) is 2. The lowest BCUT2D eigenvalue weighted by Crippen LogP contribution is -2.36. The molecule has 0 unspecified atom stereocenters. The zero-order valence-electron chi connectivity index (χ0n) is 10.8. The van der Waals surface area contributed by atoms with Crippen LogP contribution in [0.25, 0.3) is 0 Å². The molecule has 2 amide bonds. The van der Waals surface area contributed by atoms with Crippen LogP contribution >= 0.6 is 0 Å². The molecule has 0 radical (unpaired) electrons. The molecule has 0 aliphatic carbocycles. The smallest absolute Gasteiger partial charge is 0.337 e. The van der Waals surface area contributed by atoms with E-state index in [0.29, 0.717) is 13.1 Å². The lowest BCUT2D eigenvalue weighted by atomic mass is 10.1. The highest BCUT2D eigenvalue weighted by Gasteiger charge is 2.15. The van der Waals surface area contributed by atoms with Crippen molar-refractivity contribution in [2.45, 2.75) is 0 Å². The number of hydrogen-bond acceptors (Lipinski definition) is 4. The van der Waals surface area contributed by atoms with E-state index in [-0.39, 0.29) is 17.0 Å². The number of anilines is 1. The molecule has 19 heavy (non-hydrogen) atoms. The predicted octanol–water partition coefficient (Wildman–Crippen LogP) is 0.773. The van der Waals surface area contributed by atoms with Gasteiger partial charge < -0.3 is 25.7 Å². The minimum absolute atomic E-state index is 0.145. The highest BCUT2D eigenvalue weighted by Crippen LogP contribution is 2.21. The number of carbonyl (C=O) groups is 2. The van der Waals surface area contributed by atoms with E-state index in [1.165, 1.54) is 17.0 Å². The number of amides is 2. The maximum absolute atomic E-state index is 11.8. The summed E-state index contributed by atoms with van der Waals surface area (Å²) in [6.45, 7) is 1.12. The molecule has 0 fully saturated rings. The molecule has 0 saturated heterocycles. The highest BCUT2D eigenvalue weighted by molar-refractivity contribution is 6.00. The molecular formula is C12H17N3O4. The SMILES string of the molecule is CNCCN(C)C(=O)Nc1ccc(O)cc1C(=O)O. The van der Waals surface area contributed by atoms with Crippen LogP contribution in [0, 0.1) is 0 Å². The summed E-state index contributed by atoms with van der Waals surface area (Å²) in [5.41, 5.74) is -0.0121. The van der Waals surface area contributed by atoms with E-state index >= 15 is 0 Å². The predicted molar refractivity (Wildman–Crippen MR) is 70.6 cm³/mol. The van der Waals surface area contributed by atoms with E-state index in [2.05, 4.69) is 10.6 Å². The molecule has 0 aliphatic rings. The molecule has 7 nitrogen and oxygen atoms in total. The fraction of sp³-hybridized carbons (Fsp3) is 0.333. The van der Waals surface area contributed by atoms with Gasteiger partial charge in [0.05, 0.1) is 11.3 Å². The fourth-order valence-corrected chi connectivity index (χ4v) is 1.41. The number of likely N-dealkylation sites (N-methyl/N-ethyl adjacent to an activating group) is 2. The Balaban J connectivity index is 2.81. The van der Waals surface area contributed by atoms with Gasteiger partial charge in [-0.25, -0.2) is 9.59 Å². The summed E-state index contributed by atoms with van der Waals surface area (Å²) in [5.74, 6) is -1.39. The quantitative estimate of drug-likeness (QED) is 0.590. The molecule has 1 rings (SSSR count).